The molecule has 0 aliphatic carbocycles. The normalized spacial score (nSPS) is 15.4. The van der Waals surface area contributed by atoms with Gasteiger partial charge in [-0.15, -0.1) is 5.10 Å². The third-order valence-electron chi connectivity index (χ3n) is 9.97. The van der Waals surface area contributed by atoms with Gasteiger partial charge in [0.05, 0.1) is 24.0 Å². The number of nitrogen functional groups attached to an aromatic ring is 1. The molecule has 1 fully saturated rings. The number of ether oxygens (including phenoxy) is 1. The molecule has 1 aliphatic heterocycles. The monoisotopic (exact) mass is 707 g/mol. The van der Waals surface area contributed by atoms with E-state index in [9.17, 15) is 4.79 Å². The molecule has 5 heterocycles. The minimum absolute atomic E-state index is 0.00709. The lowest BCUT2D eigenvalue weighted by Crippen LogP contribution is -2.51. The van der Waals surface area contributed by atoms with Crippen LogP contribution in [0.3, 0.4) is 0 Å². The Labute approximate surface area is 298 Å². The van der Waals surface area contributed by atoms with Crippen LogP contribution in [-0.2, 0) is 9.22 Å². The van der Waals surface area contributed by atoms with Crippen LogP contribution in [0.2, 0.25) is 18.1 Å². The number of hydrogen-bond donors (Lipinski definition) is 1. The SMILES string of the molecule is CC(COc1ccc(N2CCN(C(=O)C(c3ccccc3)n3ncc4c3nc(N)n3nc(-c5ccco5)nc43)CC2)cc1)O[Si](C)(C)C(C)(C)C. The number of nitrogens with zero attached hydrogens (tertiary/aromatic N) is 8. The first-order valence-electron chi connectivity index (χ1n) is 17.3. The number of carbonyl (C=O) groups is 1. The summed E-state index contributed by atoms with van der Waals surface area (Å²) in [5, 5.41) is 9.96. The summed E-state index contributed by atoms with van der Waals surface area (Å²) in [6, 6.07) is 20.6. The Hall–Kier alpha value is -5.21. The maximum Gasteiger partial charge on any atom is 0.252 e. The molecule has 0 saturated carbocycles. The summed E-state index contributed by atoms with van der Waals surface area (Å²) in [7, 11) is -1.86. The Kier molecular flexibility index (Phi) is 9.06. The van der Waals surface area contributed by atoms with E-state index < -0.39 is 14.4 Å². The van der Waals surface area contributed by atoms with Gasteiger partial charge in [0, 0.05) is 31.9 Å². The molecule has 0 radical (unpaired) electrons. The summed E-state index contributed by atoms with van der Waals surface area (Å²) in [5.41, 5.74) is 9.20. The van der Waals surface area contributed by atoms with Gasteiger partial charge in [-0.1, -0.05) is 51.1 Å². The molecule has 266 valence electrons. The number of amides is 1. The van der Waals surface area contributed by atoms with Crippen molar-refractivity contribution < 1.29 is 18.4 Å². The van der Waals surface area contributed by atoms with E-state index in [1.807, 2.05) is 47.4 Å². The number of furan rings is 1. The smallest absolute Gasteiger partial charge is 0.252 e. The molecule has 2 aromatic carbocycles. The Balaban J connectivity index is 1.05. The zero-order valence-electron chi connectivity index (χ0n) is 30.0. The number of hydrogen-bond acceptors (Lipinski definition) is 10. The fraction of sp³-hybridized carbons (Fsp3) is 0.378. The summed E-state index contributed by atoms with van der Waals surface area (Å²) in [5.74, 6) is 1.76. The van der Waals surface area contributed by atoms with E-state index in [0.29, 0.717) is 61.1 Å². The predicted molar refractivity (Wildman–Crippen MR) is 199 cm³/mol. The van der Waals surface area contributed by atoms with Gasteiger partial charge >= 0.3 is 0 Å². The van der Waals surface area contributed by atoms with Crippen LogP contribution in [-0.4, -0.2) is 87.4 Å². The number of benzene rings is 2. The van der Waals surface area contributed by atoms with Crippen molar-refractivity contribution >= 4 is 42.5 Å². The van der Waals surface area contributed by atoms with E-state index in [-0.39, 0.29) is 23.0 Å². The summed E-state index contributed by atoms with van der Waals surface area (Å²) in [6.07, 6.45) is 3.23. The Morgan fingerprint density at radius 1 is 0.961 bits per heavy atom. The second-order valence-corrected chi connectivity index (χ2v) is 19.3. The highest BCUT2D eigenvalue weighted by molar-refractivity contribution is 6.74. The number of aromatic nitrogens is 6. The molecule has 6 aromatic rings. The Morgan fingerprint density at radius 2 is 1.69 bits per heavy atom. The first-order chi connectivity index (χ1) is 24.4. The van der Waals surface area contributed by atoms with Crippen LogP contribution in [0, 0.1) is 0 Å². The van der Waals surface area contributed by atoms with Gasteiger partial charge in [-0.2, -0.15) is 14.6 Å². The van der Waals surface area contributed by atoms with Gasteiger partial charge in [-0.3, -0.25) is 4.79 Å². The van der Waals surface area contributed by atoms with Crippen molar-refractivity contribution in [2.45, 2.75) is 58.0 Å². The lowest BCUT2D eigenvalue weighted by molar-refractivity contribution is -0.134. The van der Waals surface area contributed by atoms with Crippen LogP contribution >= 0.6 is 0 Å². The number of rotatable bonds is 10. The molecule has 13 nitrogen and oxygen atoms in total. The van der Waals surface area contributed by atoms with Crippen LogP contribution in [0.5, 0.6) is 5.75 Å². The van der Waals surface area contributed by atoms with Crippen molar-refractivity contribution in [2.24, 2.45) is 0 Å². The van der Waals surface area contributed by atoms with Gasteiger partial charge in [0.25, 0.3) is 5.91 Å². The predicted octanol–water partition coefficient (Wildman–Crippen LogP) is 6.04. The summed E-state index contributed by atoms with van der Waals surface area (Å²) < 4.78 is 21.2. The van der Waals surface area contributed by atoms with Crippen LogP contribution in [0.1, 0.15) is 39.3 Å². The summed E-state index contributed by atoms with van der Waals surface area (Å²) in [6.45, 7) is 16.3. The van der Waals surface area contributed by atoms with Crippen molar-refractivity contribution in [3.8, 4) is 17.3 Å². The standard InChI is InChI=1S/C37H45N9O4Si/c1-25(50-51(5,6)37(2,3)4)24-49-28-16-14-27(15-17-28)43-18-20-44(21-19-43)35(47)31(26-11-8-7-9-12-26)45-34-29(23-39-45)33-40-32(30-13-10-22-48-30)42-46(33)36(38)41-34/h7-17,22-23,25,31H,18-21,24H2,1-6H3,(H2,38,41). The second kappa shape index (κ2) is 13.5. The van der Waals surface area contributed by atoms with Crippen molar-refractivity contribution in [3.63, 3.8) is 0 Å². The number of piperazine rings is 1. The minimum atomic E-state index is -1.86. The summed E-state index contributed by atoms with van der Waals surface area (Å²) in [4.78, 5) is 27.9. The maximum atomic E-state index is 14.4. The van der Waals surface area contributed by atoms with Crippen LogP contribution in [0.15, 0.2) is 83.6 Å². The van der Waals surface area contributed by atoms with Crippen LogP contribution in [0.25, 0.3) is 28.3 Å². The van der Waals surface area contributed by atoms with E-state index in [0.717, 1.165) is 17.0 Å². The van der Waals surface area contributed by atoms with Gasteiger partial charge < -0.3 is 29.1 Å². The van der Waals surface area contributed by atoms with Gasteiger partial charge in [-0.25, -0.2) is 9.67 Å². The number of nitrogens with two attached hydrogens (primary N) is 1. The molecule has 2 unspecified atom stereocenters. The van der Waals surface area contributed by atoms with E-state index in [1.165, 1.54) is 4.52 Å². The maximum absolute atomic E-state index is 14.4. The molecule has 4 aromatic heterocycles. The topological polar surface area (TPSA) is 142 Å². The third-order valence-corrected chi connectivity index (χ3v) is 14.6. The van der Waals surface area contributed by atoms with E-state index in [1.54, 1.807) is 29.3 Å². The zero-order valence-corrected chi connectivity index (χ0v) is 31.0. The van der Waals surface area contributed by atoms with Crippen LogP contribution < -0.4 is 15.4 Å². The molecule has 7 rings (SSSR count). The van der Waals surface area contributed by atoms with Gasteiger partial charge in [0.15, 0.2) is 31.4 Å². The molecule has 1 saturated heterocycles. The number of carbonyl (C=O) groups excluding carboxylic acids is 1. The summed E-state index contributed by atoms with van der Waals surface area (Å²) >= 11 is 0. The van der Waals surface area contributed by atoms with Crippen molar-refractivity contribution in [3.05, 3.63) is 84.8 Å². The number of fused-ring (bicyclic) bond motifs is 3. The molecular weight excluding hydrogens is 663 g/mol. The fourth-order valence-corrected chi connectivity index (χ4v) is 7.62. The minimum Gasteiger partial charge on any atom is -0.491 e. The second-order valence-electron chi connectivity index (χ2n) is 14.6. The van der Waals surface area contributed by atoms with Crippen LogP contribution in [0.4, 0.5) is 11.6 Å². The average Bonchev–Trinajstić information content (AvgIpc) is 3.89. The van der Waals surface area contributed by atoms with Gasteiger partial charge in [-0.05, 0) is 67.0 Å². The molecule has 2 atom stereocenters. The Morgan fingerprint density at radius 3 is 2.35 bits per heavy atom. The Bertz CT molecular complexity index is 2110. The van der Waals surface area contributed by atoms with E-state index >= 15 is 0 Å². The molecule has 51 heavy (non-hydrogen) atoms. The quantitative estimate of drug-likeness (QED) is 0.167. The average molecular weight is 708 g/mol. The lowest BCUT2D eigenvalue weighted by Gasteiger charge is -2.38. The zero-order chi connectivity index (χ0) is 35.9. The fourth-order valence-electron chi connectivity index (χ4n) is 6.19. The molecule has 0 bridgehead atoms. The number of anilines is 2. The lowest BCUT2D eigenvalue weighted by atomic mass is 10.0. The van der Waals surface area contributed by atoms with Gasteiger partial charge in [0.1, 0.15) is 12.4 Å². The molecule has 1 aliphatic rings. The van der Waals surface area contributed by atoms with Crippen molar-refractivity contribution in [2.75, 3.05) is 43.4 Å². The highest BCUT2D eigenvalue weighted by Crippen LogP contribution is 2.37. The highest BCUT2D eigenvalue weighted by Gasteiger charge is 2.38. The largest absolute Gasteiger partial charge is 0.491 e. The molecular formula is C37H45N9O4Si. The third kappa shape index (κ3) is 6.80. The highest BCUT2D eigenvalue weighted by atomic mass is 28.4. The van der Waals surface area contributed by atoms with Crippen molar-refractivity contribution in [1.82, 2.24) is 34.3 Å². The molecule has 1 amide bonds. The molecule has 14 heteroatoms. The first kappa shape index (κ1) is 34.2. The molecule has 2 N–H and O–H groups in total. The van der Waals surface area contributed by atoms with E-state index in [4.69, 9.17) is 24.4 Å². The molecule has 0 spiro atoms. The van der Waals surface area contributed by atoms with Gasteiger partial charge in [0.2, 0.25) is 11.8 Å². The van der Waals surface area contributed by atoms with E-state index in [2.05, 4.69) is 72.9 Å². The first-order valence-corrected chi connectivity index (χ1v) is 20.2. The van der Waals surface area contributed by atoms with Crippen molar-refractivity contribution in [1.29, 1.82) is 0 Å².